The van der Waals surface area contributed by atoms with Crippen LogP contribution in [0, 0.1) is 6.92 Å². The second-order valence-electron chi connectivity index (χ2n) is 3.76. The van der Waals surface area contributed by atoms with E-state index in [2.05, 4.69) is 24.0 Å². The third-order valence-electron chi connectivity index (χ3n) is 2.49. The van der Waals surface area contributed by atoms with Gasteiger partial charge in [0.05, 0.1) is 6.54 Å². The summed E-state index contributed by atoms with van der Waals surface area (Å²) < 4.78 is 5.26. The molecule has 1 aromatic rings. The Morgan fingerprint density at radius 2 is 2.40 bits per heavy atom. The number of rotatable bonds is 3. The lowest BCUT2D eigenvalue weighted by Gasteiger charge is -2.27. The quantitative estimate of drug-likeness (QED) is 0.753. The first-order chi connectivity index (χ1) is 7.24. The Bertz CT molecular complexity index is 348. The van der Waals surface area contributed by atoms with Crippen LogP contribution >= 0.6 is 23.6 Å². The van der Waals surface area contributed by atoms with Gasteiger partial charge in [-0.3, -0.25) is 4.90 Å². The fraction of sp³-hybridized carbons (Fsp3) is 0.545. The predicted octanol–water partition coefficient (Wildman–Crippen LogP) is 2.26. The first-order valence-electron chi connectivity index (χ1n) is 5.17. The Kier molecular flexibility index (Phi) is 3.72. The number of hydrogen-bond acceptors (Lipinski definition) is 4. The molecule has 4 heteroatoms. The van der Waals surface area contributed by atoms with Crippen LogP contribution in [0.25, 0.3) is 0 Å². The maximum absolute atomic E-state index is 5.26. The van der Waals surface area contributed by atoms with Crippen LogP contribution < -0.4 is 0 Å². The van der Waals surface area contributed by atoms with Gasteiger partial charge in [0.1, 0.15) is 6.61 Å². The van der Waals surface area contributed by atoms with Crippen molar-refractivity contribution in [2.45, 2.75) is 13.3 Å². The number of ether oxygens (including phenoxy) is 1. The van der Waals surface area contributed by atoms with Crippen LogP contribution in [0.15, 0.2) is 12.1 Å². The van der Waals surface area contributed by atoms with E-state index in [1.807, 2.05) is 11.3 Å². The number of thiocarbonyl (C=S) groups is 1. The summed E-state index contributed by atoms with van der Waals surface area (Å²) in [6.07, 6.45) is 1.13. The van der Waals surface area contributed by atoms with E-state index in [9.17, 15) is 0 Å². The molecule has 0 amide bonds. The number of hydrogen-bond donors (Lipinski definition) is 0. The predicted molar refractivity (Wildman–Crippen MR) is 67.8 cm³/mol. The molecule has 1 aliphatic heterocycles. The van der Waals surface area contributed by atoms with Gasteiger partial charge in [0.25, 0.3) is 0 Å². The number of morpholine rings is 1. The summed E-state index contributed by atoms with van der Waals surface area (Å²) in [6, 6.07) is 4.41. The van der Waals surface area contributed by atoms with E-state index in [0.29, 0.717) is 0 Å². The van der Waals surface area contributed by atoms with E-state index in [1.165, 1.54) is 9.75 Å². The molecular weight excluding hydrogens is 226 g/mol. The molecule has 2 heterocycles. The van der Waals surface area contributed by atoms with Crippen molar-refractivity contribution in [3.05, 3.63) is 21.9 Å². The molecule has 1 fully saturated rings. The van der Waals surface area contributed by atoms with Crippen molar-refractivity contribution in [1.29, 1.82) is 0 Å². The second kappa shape index (κ2) is 5.05. The summed E-state index contributed by atoms with van der Waals surface area (Å²) in [4.78, 5) is 5.22. The molecule has 2 nitrogen and oxygen atoms in total. The molecule has 0 atom stereocenters. The summed E-state index contributed by atoms with van der Waals surface area (Å²) in [5, 5.41) is 0.739. The monoisotopic (exact) mass is 241 g/mol. The van der Waals surface area contributed by atoms with Gasteiger partial charge in [-0.25, -0.2) is 0 Å². The molecule has 1 saturated heterocycles. The molecule has 15 heavy (non-hydrogen) atoms. The zero-order valence-electron chi connectivity index (χ0n) is 8.86. The normalized spacial score (nSPS) is 17.8. The SMILES string of the molecule is Cc1ccc(CCN2CCOC(=S)C2)s1. The summed E-state index contributed by atoms with van der Waals surface area (Å²) in [7, 11) is 0. The average Bonchev–Trinajstić information content (AvgIpc) is 2.62. The highest BCUT2D eigenvalue weighted by molar-refractivity contribution is 7.80. The zero-order valence-corrected chi connectivity index (χ0v) is 10.5. The fourth-order valence-electron chi connectivity index (χ4n) is 1.67. The van der Waals surface area contributed by atoms with Crippen LogP contribution in [0.3, 0.4) is 0 Å². The fourth-order valence-corrected chi connectivity index (χ4v) is 2.82. The highest BCUT2D eigenvalue weighted by atomic mass is 32.1. The molecule has 0 N–H and O–H groups in total. The molecular formula is C11H15NOS2. The standard InChI is InChI=1S/C11H15NOS2/c1-9-2-3-10(15-9)4-5-12-6-7-13-11(14)8-12/h2-3H,4-8H2,1H3. The van der Waals surface area contributed by atoms with Crippen molar-refractivity contribution in [2.75, 3.05) is 26.2 Å². The molecule has 1 aromatic heterocycles. The van der Waals surface area contributed by atoms with Crippen molar-refractivity contribution in [2.24, 2.45) is 0 Å². The summed E-state index contributed by atoms with van der Waals surface area (Å²) in [5.41, 5.74) is 0. The first-order valence-corrected chi connectivity index (χ1v) is 6.40. The molecule has 1 aliphatic rings. The van der Waals surface area contributed by atoms with E-state index >= 15 is 0 Å². The average molecular weight is 241 g/mol. The highest BCUT2D eigenvalue weighted by Gasteiger charge is 2.14. The summed E-state index contributed by atoms with van der Waals surface area (Å²) >= 11 is 6.94. The molecule has 0 aromatic carbocycles. The minimum Gasteiger partial charge on any atom is -0.484 e. The Hall–Kier alpha value is -0.450. The molecule has 0 radical (unpaired) electrons. The molecule has 82 valence electrons. The van der Waals surface area contributed by atoms with Crippen molar-refractivity contribution in [3.63, 3.8) is 0 Å². The van der Waals surface area contributed by atoms with Crippen molar-refractivity contribution < 1.29 is 4.74 Å². The van der Waals surface area contributed by atoms with Crippen LogP contribution in [0.2, 0.25) is 0 Å². The van der Waals surface area contributed by atoms with Gasteiger partial charge in [-0.2, -0.15) is 0 Å². The van der Waals surface area contributed by atoms with Gasteiger partial charge in [-0.15, -0.1) is 11.3 Å². The maximum Gasteiger partial charge on any atom is 0.173 e. The van der Waals surface area contributed by atoms with E-state index in [-0.39, 0.29) is 0 Å². The molecule has 0 spiro atoms. The number of nitrogens with zero attached hydrogens (tertiary/aromatic N) is 1. The van der Waals surface area contributed by atoms with Crippen molar-refractivity contribution >= 4 is 28.6 Å². The topological polar surface area (TPSA) is 12.5 Å². The lowest BCUT2D eigenvalue weighted by molar-refractivity contribution is 0.173. The second-order valence-corrected chi connectivity index (χ2v) is 5.59. The van der Waals surface area contributed by atoms with E-state index < -0.39 is 0 Å². The van der Waals surface area contributed by atoms with Gasteiger partial charge >= 0.3 is 0 Å². The minimum absolute atomic E-state index is 0.739. The van der Waals surface area contributed by atoms with Crippen LogP contribution in [0.4, 0.5) is 0 Å². The lowest BCUT2D eigenvalue weighted by Crippen LogP contribution is -2.39. The zero-order chi connectivity index (χ0) is 10.7. The highest BCUT2D eigenvalue weighted by Crippen LogP contribution is 2.16. The Morgan fingerprint density at radius 1 is 1.53 bits per heavy atom. The van der Waals surface area contributed by atoms with Crippen molar-refractivity contribution in [3.8, 4) is 0 Å². The third kappa shape index (κ3) is 3.26. The van der Waals surface area contributed by atoms with Crippen LogP contribution in [-0.2, 0) is 11.2 Å². The van der Waals surface area contributed by atoms with Gasteiger partial charge in [-0.05, 0) is 37.7 Å². The molecule has 0 bridgehead atoms. The number of aryl methyl sites for hydroxylation is 1. The van der Waals surface area contributed by atoms with Gasteiger partial charge in [0.15, 0.2) is 5.05 Å². The lowest BCUT2D eigenvalue weighted by atomic mass is 10.3. The third-order valence-corrected chi connectivity index (χ3v) is 3.80. The Balaban J connectivity index is 1.80. The summed E-state index contributed by atoms with van der Waals surface area (Å²) in [5.74, 6) is 0. The van der Waals surface area contributed by atoms with E-state index in [4.69, 9.17) is 17.0 Å². The minimum atomic E-state index is 0.739. The molecule has 2 rings (SSSR count). The van der Waals surface area contributed by atoms with Gasteiger partial charge in [0.2, 0.25) is 0 Å². The Labute approximate surface area is 99.9 Å². The van der Waals surface area contributed by atoms with Crippen LogP contribution in [-0.4, -0.2) is 36.2 Å². The Morgan fingerprint density at radius 3 is 3.07 bits per heavy atom. The smallest absolute Gasteiger partial charge is 0.173 e. The maximum atomic E-state index is 5.26. The molecule has 0 saturated carbocycles. The van der Waals surface area contributed by atoms with Gasteiger partial charge < -0.3 is 4.74 Å². The largest absolute Gasteiger partial charge is 0.484 e. The van der Waals surface area contributed by atoms with E-state index in [0.717, 1.165) is 37.7 Å². The van der Waals surface area contributed by atoms with Crippen molar-refractivity contribution in [1.82, 2.24) is 4.90 Å². The van der Waals surface area contributed by atoms with Crippen LogP contribution in [0.1, 0.15) is 9.75 Å². The first kappa shape index (κ1) is 11.0. The number of thiophene rings is 1. The van der Waals surface area contributed by atoms with Gasteiger partial charge in [-0.1, -0.05) is 0 Å². The summed E-state index contributed by atoms with van der Waals surface area (Å²) in [6.45, 7) is 5.81. The molecule has 0 aliphatic carbocycles. The van der Waals surface area contributed by atoms with Crippen LogP contribution in [0.5, 0.6) is 0 Å². The van der Waals surface area contributed by atoms with Gasteiger partial charge in [0, 0.05) is 22.8 Å². The van der Waals surface area contributed by atoms with E-state index in [1.54, 1.807) is 0 Å². The molecule has 0 unspecified atom stereocenters.